The lowest BCUT2D eigenvalue weighted by Gasteiger charge is -2.15. The van der Waals surface area contributed by atoms with Crippen LogP contribution in [0.5, 0.6) is 0 Å². The maximum atomic E-state index is 13.0. The third kappa shape index (κ3) is 4.15. The van der Waals surface area contributed by atoms with E-state index in [9.17, 15) is 14.0 Å². The SMILES string of the molecule is Cc1cc(CN(C)C(=O)CNC(=O)c2cccc(F)c2)no1. The Kier molecular flexibility index (Phi) is 4.88. The van der Waals surface area contributed by atoms with Gasteiger partial charge in [0.2, 0.25) is 5.91 Å². The van der Waals surface area contributed by atoms with Crippen LogP contribution in [-0.2, 0) is 11.3 Å². The summed E-state index contributed by atoms with van der Waals surface area (Å²) >= 11 is 0. The number of rotatable bonds is 5. The number of aryl methyl sites for hydroxylation is 1. The first-order valence-electron chi connectivity index (χ1n) is 6.65. The van der Waals surface area contributed by atoms with Gasteiger partial charge in [-0.25, -0.2) is 4.39 Å². The molecule has 0 aliphatic rings. The van der Waals surface area contributed by atoms with Crippen LogP contribution in [-0.4, -0.2) is 35.5 Å². The predicted octanol–water partition coefficient (Wildman–Crippen LogP) is 1.51. The Morgan fingerprint density at radius 1 is 1.36 bits per heavy atom. The van der Waals surface area contributed by atoms with Crippen molar-refractivity contribution in [2.75, 3.05) is 13.6 Å². The van der Waals surface area contributed by atoms with Gasteiger partial charge >= 0.3 is 0 Å². The third-order valence-corrected chi connectivity index (χ3v) is 2.99. The minimum absolute atomic E-state index is 0.169. The number of carbonyl (C=O) groups excluding carboxylic acids is 2. The summed E-state index contributed by atoms with van der Waals surface area (Å²) in [6, 6.07) is 7.00. The molecular formula is C15H16FN3O3. The van der Waals surface area contributed by atoms with Crippen LogP contribution in [0.1, 0.15) is 21.8 Å². The third-order valence-electron chi connectivity index (χ3n) is 2.99. The number of aromatic nitrogens is 1. The van der Waals surface area contributed by atoms with Gasteiger partial charge in [0.25, 0.3) is 5.91 Å². The van der Waals surface area contributed by atoms with Crippen LogP contribution in [0.15, 0.2) is 34.9 Å². The highest BCUT2D eigenvalue weighted by Crippen LogP contribution is 2.05. The van der Waals surface area contributed by atoms with Gasteiger partial charge in [-0.15, -0.1) is 0 Å². The molecule has 7 heteroatoms. The molecule has 116 valence electrons. The molecule has 0 atom stereocenters. The molecule has 1 aromatic carbocycles. The summed E-state index contributed by atoms with van der Waals surface area (Å²) in [6.45, 7) is 1.87. The Bertz CT molecular complexity index is 684. The van der Waals surface area contributed by atoms with E-state index >= 15 is 0 Å². The molecule has 0 bridgehead atoms. The van der Waals surface area contributed by atoms with E-state index in [4.69, 9.17) is 4.52 Å². The standard InChI is InChI=1S/C15H16FN3O3/c1-10-6-13(18-22-10)9-19(2)14(20)8-17-15(21)11-4-3-5-12(16)7-11/h3-7H,8-9H2,1-2H3,(H,17,21). The van der Waals surface area contributed by atoms with Crippen molar-refractivity contribution >= 4 is 11.8 Å². The van der Waals surface area contributed by atoms with Crippen LogP contribution in [0, 0.1) is 12.7 Å². The molecule has 1 heterocycles. The second kappa shape index (κ2) is 6.84. The minimum Gasteiger partial charge on any atom is -0.361 e. The Labute approximate surface area is 126 Å². The van der Waals surface area contributed by atoms with Gasteiger partial charge < -0.3 is 14.7 Å². The minimum atomic E-state index is -0.502. The van der Waals surface area contributed by atoms with E-state index < -0.39 is 11.7 Å². The Balaban J connectivity index is 1.85. The maximum absolute atomic E-state index is 13.0. The second-order valence-electron chi connectivity index (χ2n) is 4.87. The number of nitrogens with zero attached hydrogens (tertiary/aromatic N) is 2. The lowest BCUT2D eigenvalue weighted by molar-refractivity contribution is -0.129. The number of hydrogen-bond donors (Lipinski definition) is 1. The number of amides is 2. The van der Waals surface area contributed by atoms with Crippen LogP contribution >= 0.6 is 0 Å². The highest BCUT2D eigenvalue weighted by Gasteiger charge is 2.13. The molecule has 0 unspecified atom stereocenters. The zero-order valence-corrected chi connectivity index (χ0v) is 12.3. The first-order valence-corrected chi connectivity index (χ1v) is 6.65. The lowest BCUT2D eigenvalue weighted by atomic mass is 10.2. The van der Waals surface area contributed by atoms with Gasteiger partial charge in [-0.05, 0) is 25.1 Å². The first-order chi connectivity index (χ1) is 10.5. The van der Waals surface area contributed by atoms with Crippen molar-refractivity contribution in [1.82, 2.24) is 15.4 Å². The number of carbonyl (C=O) groups is 2. The highest BCUT2D eigenvalue weighted by atomic mass is 19.1. The molecule has 0 fully saturated rings. The normalized spacial score (nSPS) is 10.3. The predicted molar refractivity (Wildman–Crippen MR) is 76.4 cm³/mol. The summed E-state index contributed by atoms with van der Waals surface area (Å²) < 4.78 is 17.9. The van der Waals surface area contributed by atoms with Gasteiger partial charge in [-0.2, -0.15) is 0 Å². The Morgan fingerprint density at radius 2 is 2.14 bits per heavy atom. The molecule has 0 saturated heterocycles. The van der Waals surface area contributed by atoms with Gasteiger partial charge in [0.15, 0.2) is 0 Å². The molecule has 2 rings (SSSR count). The molecule has 2 amide bonds. The van der Waals surface area contributed by atoms with Gasteiger partial charge in [0, 0.05) is 18.7 Å². The fourth-order valence-electron chi connectivity index (χ4n) is 1.85. The average molecular weight is 305 g/mol. The number of halogens is 1. The molecule has 0 aliphatic carbocycles. The van der Waals surface area contributed by atoms with E-state index in [0.29, 0.717) is 11.5 Å². The van der Waals surface area contributed by atoms with Crippen molar-refractivity contribution in [3.05, 3.63) is 53.2 Å². The van der Waals surface area contributed by atoms with Crippen molar-refractivity contribution in [2.24, 2.45) is 0 Å². The van der Waals surface area contributed by atoms with E-state index in [1.807, 2.05) is 0 Å². The quantitative estimate of drug-likeness (QED) is 0.908. The van der Waals surface area contributed by atoms with Crippen molar-refractivity contribution < 1.29 is 18.5 Å². The van der Waals surface area contributed by atoms with Crippen molar-refractivity contribution in [1.29, 1.82) is 0 Å². The van der Waals surface area contributed by atoms with E-state index in [-0.39, 0.29) is 24.6 Å². The number of benzene rings is 1. The topological polar surface area (TPSA) is 75.4 Å². The Hall–Kier alpha value is -2.70. The monoisotopic (exact) mass is 305 g/mol. The molecule has 2 aromatic rings. The molecule has 0 saturated carbocycles. The smallest absolute Gasteiger partial charge is 0.251 e. The number of nitrogens with one attached hydrogen (secondary N) is 1. The summed E-state index contributed by atoms with van der Waals surface area (Å²) in [7, 11) is 1.60. The number of likely N-dealkylation sites (N-methyl/N-ethyl adjacent to an activating group) is 1. The summed E-state index contributed by atoms with van der Waals surface area (Å²) in [4.78, 5) is 25.2. The van der Waals surface area contributed by atoms with E-state index in [0.717, 1.165) is 6.07 Å². The van der Waals surface area contributed by atoms with Crippen molar-refractivity contribution in [3.8, 4) is 0 Å². The zero-order valence-electron chi connectivity index (χ0n) is 12.3. The molecule has 0 radical (unpaired) electrons. The zero-order chi connectivity index (χ0) is 16.1. The van der Waals surface area contributed by atoms with Gasteiger partial charge in [0.05, 0.1) is 13.1 Å². The summed E-state index contributed by atoms with van der Waals surface area (Å²) in [5.41, 5.74) is 0.799. The van der Waals surface area contributed by atoms with E-state index in [1.165, 1.54) is 23.1 Å². The summed E-state index contributed by atoms with van der Waals surface area (Å²) in [5.74, 6) is -0.628. The van der Waals surface area contributed by atoms with Gasteiger partial charge in [0.1, 0.15) is 17.3 Å². The van der Waals surface area contributed by atoms with E-state index in [1.54, 1.807) is 20.0 Å². The fourth-order valence-corrected chi connectivity index (χ4v) is 1.85. The summed E-state index contributed by atoms with van der Waals surface area (Å²) in [5, 5.41) is 6.25. The lowest BCUT2D eigenvalue weighted by Crippen LogP contribution is -2.37. The van der Waals surface area contributed by atoms with Gasteiger partial charge in [-0.3, -0.25) is 9.59 Å². The van der Waals surface area contributed by atoms with Crippen LogP contribution in [0.2, 0.25) is 0 Å². The number of hydrogen-bond acceptors (Lipinski definition) is 4. The molecule has 0 aliphatic heterocycles. The highest BCUT2D eigenvalue weighted by molar-refractivity contribution is 5.96. The van der Waals surface area contributed by atoms with Crippen LogP contribution in [0.25, 0.3) is 0 Å². The van der Waals surface area contributed by atoms with Crippen molar-refractivity contribution in [3.63, 3.8) is 0 Å². The molecular weight excluding hydrogens is 289 g/mol. The summed E-state index contributed by atoms with van der Waals surface area (Å²) in [6.07, 6.45) is 0. The maximum Gasteiger partial charge on any atom is 0.251 e. The van der Waals surface area contributed by atoms with E-state index in [2.05, 4.69) is 10.5 Å². The largest absolute Gasteiger partial charge is 0.361 e. The fraction of sp³-hybridized carbons (Fsp3) is 0.267. The molecule has 6 nitrogen and oxygen atoms in total. The molecule has 1 aromatic heterocycles. The van der Waals surface area contributed by atoms with Crippen molar-refractivity contribution in [2.45, 2.75) is 13.5 Å². The van der Waals surface area contributed by atoms with Gasteiger partial charge in [-0.1, -0.05) is 11.2 Å². The van der Waals surface area contributed by atoms with Crippen LogP contribution in [0.4, 0.5) is 4.39 Å². The van der Waals surface area contributed by atoms with Crippen LogP contribution in [0.3, 0.4) is 0 Å². The first kappa shape index (κ1) is 15.7. The average Bonchev–Trinajstić information content (AvgIpc) is 2.89. The molecule has 1 N–H and O–H groups in total. The van der Waals surface area contributed by atoms with Crippen LogP contribution < -0.4 is 5.32 Å². The second-order valence-corrected chi connectivity index (χ2v) is 4.87. The Morgan fingerprint density at radius 3 is 2.77 bits per heavy atom. The molecule has 22 heavy (non-hydrogen) atoms. The molecule has 0 spiro atoms.